The number of hydrogen-bond acceptors (Lipinski definition) is 5. The van der Waals surface area contributed by atoms with Gasteiger partial charge in [0.2, 0.25) is 0 Å². The van der Waals surface area contributed by atoms with Crippen molar-refractivity contribution in [2.45, 2.75) is 44.1 Å². The van der Waals surface area contributed by atoms with Crippen LogP contribution in [0.25, 0.3) is 5.57 Å². The molecule has 4 N–H and O–H groups in total. The number of aliphatic hydroxyl groups is 1. The van der Waals surface area contributed by atoms with E-state index in [-0.39, 0.29) is 18.2 Å². The van der Waals surface area contributed by atoms with Gasteiger partial charge in [-0.25, -0.2) is 10.4 Å². The van der Waals surface area contributed by atoms with Gasteiger partial charge >= 0.3 is 0 Å². The fourth-order valence-electron chi connectivity index (χ4n) is 3.19. The number of benzene rings is 1. The molecule has 1 saturated heterocycles. The topological polar surface area (TPSA) is 73.9 Å². The van der Waals surface area contributed by atoms with E-state index in [1.54, 1.807) is 0 Å². The molecule has 5 heteroatoms. The van der Waals surface area contributed by atoms with E-state index in [1.165, 1.54) is 5.57 Å². The summed E-state index contributed by atoms with van der Waals surface area (Å²) in [5, 5.41) is 14.3. The van der Waals surface area contributed by atoms with Gasteiger partial charge in [-0.1, -0.05) is 18.2 Å². The number of hydrogen-bond donors (Lipinski definition) is 3. The minimum absolute atomic E-state index is 0.0160. The average Bonchev–Trinajstić information content (AvgIpc) is 2.66. The average molecular weight is 274 g/mol. The molecule has 0 radical (unpaired) electrons. The fraction of sp³-hybridized carbons (Fsp3) is 0.533. The van der Waals surface area contributed by atoms with Crippen LogP contribution in [0, 0.1) is 0 Å². The SMILES string of the molecule is CN1NC2C(=c3ccccc3=NC2N)C1CC(C)(C)O. The fourth-order valence-corrected chi connectivity index (χ4v) is 3.19. The molecule has 0 saturated carbocycles. The van der Waals surface area contributed by atoms with Crippen molar-refractivity contribution in [1.29, 1.82) is 0 Å². The first-order chi connectivity index (χ1) is 9.37. The lowest BCUT2D eigenvalue weighted by Crippen LogP contribution is -2.50. The van der Waals surface area contributed by atoms with Crippen LogP contribution in [0.1, 0.15) is 20.3 Å². The van der Waals surface area contributed by atoms with Crippen LogP contribution in [0.2, 0.25) is 0 Å². The number of rotatable bonds is 2. The van der Waals surface area contributed by atoms with Gasteiger partial charge < -0.3 is 10.8 Å². The zero-order valence-electron chi connectivity index (χ0n) is 12.2. The molecule has 5 nitrogen and oxygen atoms in total. The van der Waals surface area contributed by atoms with Crippen LogP contribution in [-0.4, -0.2) is 41.0 Å². The highest BCUT2D eigenvalue weighted by molar-refractivity contribution is 5.60. The molecule has 2 heterocycles. The largest absolute Gasteiger partial charge is 0.390 e. The van der Waals surface area contributed by atoms with Gasteiger partial charge in [0.25, 0.3) is 0 Å². The van der Waals surface area contributed by atoms with Crippen molar-refractivity contribution in [3.8, 4) is 0 Å². The lowest BCUT2D eigenvalue weighted by atomic mass is 9.88. The molecule has 3 atom stereocenters. The summed E-state index contributed by atoms with van der Waals surface area (Å²) in [6, 6.07) is 8.23. The molecule has 0 aromatic heterocycles. The van der Waals surface area contributed by atoms with Crippen molar-refractivity contribution < 1.29 is 5.11 Å². The van der Waals surface area contributed by atoms with E-state index >= 15 is 0 Å². The number of fused-ring (bicyclic) bond motifs is 2. The minimum Gasteiger partial charge on any atom is -0.390 e. The Balaban J connectivity index is 2.17. The third-order valence-electron chi connectivity index (χ3n) is 4.04. The Morgan fingerprint density at radius 3 is 2.80 bits per heavy atom. The quantitative estimate of drug-likeness (QED) is 0.654. The maximum atomic E-state index is 10.2. The molecule has 108 valence electrons. The molecule has 1 aromatic carbocycles. The van der Waals surface area contributed by atoms with Gasteiger partial charge in [-0.3, -0.25) is 4.99 Å². The molecule has 2 aliphatic heterocycles. The molecule has 0 bridgehead atoms. The maximum Gasteiger partial charge on any atom is 0.118 e. The lowest BCUT2D eigenvalue weighted by molar-refractivity contribution is 0.0475. The molecule has 0 spiro atoms. The maximum absolute atomic E-state index is 10.2. The highest BCUT2D eigenvalue weighted by Crippen LogP contribution is 2.29. The first kappa shape index (κ1) is 13.7. The summed E-state index contributed by atoms with van der Waals surface area (Å²) in [5.41, 5.74) is 10.1. The Bertz CT molecular complexity index is 634. The zero-order valence-corrected chi connectivity index (χ0v) is 12.2. The standard InChI is InChI=1S/C15H22N4O/c1-15(2,20)8-11-12-9-6-4-5-7-10(9)17-14(16)13(12)18-19(11)3/h4-7,11,13-14,18,20H,8,16H2,1-3H3. The van der Waals surface area contributed by atoms with Crippen LogP contribution < -0.4 is 21.7 Å². The monoisotopic (exact) mass is 274 g/mol. The van der Waals surface area contributed by atoms with Crippen molar-refractivity contribution in [1.82, 2.24) is 10.4 Å². The van der Waals surface area contributed by atoms with Gasteiger partial charge in [0.05, 0.1) is 23.0 Å². The van der Waals surface area contributed by atoms with E-state index in [4.69, 9.17) is 5.73 Å². The molecule has 1 aromatic rings. The summed E-state index contributed by atoms with van der Waals surface area (Å²) in [7, 11) is 2.00. The summed E-state index contributed by atoms with van der Waals surface area (Å²) >= 11 is 0. The van der Waals surface area contributed by atoms with Gasteiger partial charge in [-0.15, -0.1) is 0 Å². The molecular formula is C15H22N4O. The predicted molar refractivity (Wildman–Crippen MR) is 78.0 cm³/mol. The Hall–Kier alpha value is -1.27. The highest BCUT2D eigenvalue weighted by Gasteiger charge is 2.41. The molecule has 1 fully saturated rings. The van der Waals surface area contributed by atoms with Crippen molar-refractivity contribution in [3.63, 3.8) is 0 Å². The van der Waals surface area contributed by atoms with Gasteiger partial charge in [-0.05, 0) is 31.9 Å². The predicted octanol–water partition coefficient (Wildman–Crippen LogP) is -0.896. The van der Waals surface area contributed by atoms with E-state index in [2.05, 4.69) is 21.5 Å². The van der Waals surface area contributed by atoms with Crippen LogP contribution in [-0.2, 0) is 0 Å². The molecule has 20 heavy (non-hydrogen) atoms. The Morgan fingerprint density at radius 2 is 2.10 bits per heavy atom. The van der Waals surface area contributed by atoms with Crippen LogP contribution >= 0.6 is 0 Å². The molecule has 0 aliphatic carbocycles. The van der Waals surface area contributed by atoms with Crippen molar-refractivity contribution in [2.24, 2.45) is 10.7 Å². The third-order valence-corrected chi connectivity index (χ3v) is 4.04. The third kappa shape index (κ3) is 2.27. The molecule has 0 amide bonds. The number of nitrogens with zero attached hydrogens (tertiary/aromatic N) is 2. The highest BCUT2D eigenvalue weighted by atomic mass is 16.3. The minimum atomic E-state index is -0.726. The van der Waals surface area contributed by atoms with E-state index < -0.39 is 5.60 Å². The van der Waals surface area contributed by atoms with Crippen LogP contribution in [0.15, 0.2) is 29.3 Å². The first-order valence-corrected chi connectivity index (χ1v) is 7.01. The second-order valence-corrected chi connectivity index (χ2v) is 6.34. The second kappa shape index (κ2) is 4.63. The second-order valence-electron chi connectivity index (χ2n) is 6.34. The van der Waals surface area contributed by atoms with Crippen molar-refractivity contribution in [2.75, 3.05) is 7.05 Å². The Labute approximate surface area is 118 Å². The Kier molecular flexibility index (Phi) is 3.17. The molecule has 2 aliphatic rings. The number of nitrogens with one attached hydrogen (secondary N) is 1. The normalized spacial score (nSPS) is 29.9. The molecule has 3 rings (SSSR count). The summed E-state index contributed by atoms with van der Waals surface area (Å²) < 4.78 is 0. The molecule has 3 unspecified atom stereocenters. The smallest absolute Gasteiger partial charge is 0.118 e. The zero-order chi connectivity index (χ0) is 14.5. The van der Waals surface area contributed by atoms with Crippen molar-refractivity contribution in [3.05, 3.63) is 34.8 Å². The summed E-state index contributed by atoms with van der Waals surface area (Å²) in [5.74, 6) is 0. The first-order valence-electron chi connectivity index (χ1n) is 7.01. The van der Waals surface area contributed by atoms with E-state index in [0.717, 1.165) is 10.6 Å². The van der Waals surface area contributed by atoms with Gasteiger partial charge in [-0.2, -0.15) is 0 Å². The lowest BCUT2D eigenvalue weighted by Gasteiger charge is -2.27. The van der Waals surface area contributed by atoms with E-state index in [1.807, 2.05) is 39.1 Å². The van der Waals surface area contributed by atoms with E-state index in [9.17, 15) is 5.11 Å². The Morgan fingerprint density at radius 1 is 1.40 bits per heavy atom. The molecular weight excluding hydrogens is 252 g/mol. The van der Waals surface area contributed by atoms with Gasteiger partial charge in [0.15, 0.2) is 0 Å². The number of nitrogens with two attached hydrogens (primary N) is 1. The van der Waals surface area contributed by atoms with Crippen LogP contribution in [0.4, 0.5) is 0 Å². The van der Waals surface area contributed by atoms with Gasteiger partial charge in [0, 0.05) is 12.3 Å². The summed E-state index contributed by atoms with van der Waals surface area (Å²) in [6.45, 7) is 3.68. The number of para-hydroxylation sites is 1. The van der Waals surface area contributed by atoms with Crippen LogP contribution in [0.3, 0.4) is 0 Å². The van der Waals surface area contributed by atoms with Gasteiger partial charge in [0.1, 0.15) is 6.17 Å². The summed E-state index contributed by atoms with van der Waals surface area (Å²) in [4.78, 5) is 4.56. The summed E-state index contributed by atoms with van der Waals surface area (Å²) in [6.07, 6.45) is 0.373. The van der Waals surface area contributed by atoms with Crippen molar-refractivity contribution >= 4 is 5.57 Å². The van der Waals surface area contributed by atoms with E-state index in [0.29, 0.717) is 6.42 Å². The number of hydrazine groups is 1. The van der Waals surface area contributed by atoms with Crippen LogP contribution in [0.5, 0.6) is 0 Å².